The number of nitrogens with one attached hydrogen (secondary N) is 1. The smallest absolute Gasteiger partial charge is 0.165 e. The van der Waals surface area contributed by atoms with Gasteiger partial charge >= 0.3 is 0 Å². The average molecular weight is 315 g/mol. The van der Waals surface area contributed by atoms with Crippen molar-refractivity contribution in [2.75, 3.05) is 26.2 Å². The van der Waals surface area contributed by atoms with Crippen LogP contribution in [-0.2, 0) is 0 Å². The molecule has 19 heavy (non-hydrogen) atoms. The summed E-state index contributed by atoms with van der Waals surface area (Å²) in [6.45, 7) is 4.94. The molecule has 1 aromatic carbocycles. The lowest BCUT2D eigenvalue weighted by Crippen LogP contribution is -2.44. The minimum absolute atomic E-state index is 0. The molecule has 1 aliphatic heterocycles. The van der Waals surface area contributed by atoms with Gasteiger partial charge in [-0.2, -0.15) is 0 Å². The molecule has 110 valence electrons. The molecule has 1 heterocycles. The highest BCUT2D eigenvalue weighted by molar-refractivity contribution is 5.85. The number of rotatable bonds is 2. The van der Waals surface area contributed by atoms with E-state index in [0.29, 0.717) is 0 Å². The lowest BCUT2D eigenvalue weighted by Gasteiger charge is -2.33. The van der Waals surface area contributed by atoms with E-state index in [1.54, 1.807) is 6.92 Å². The van der Waals surface area contributed by atoms with E-state index in [1.165, 1.54) is 0 Å². The number of piperazine rings is 1. The molecule has 2 rings (SSSR count). The molecule has 0 aliphatic carbocycles. The van der Waals surface area contributed by atoms with E-state index in [2.05, 4.69) is 5.32 Å². The maximum Gasteiger partial charge on any atom is 0.165 e. The highest BCUT2D eigenvalue weighted by Crippen LogP contribution is 2.32. The molecule has 1 atom stereocenters. The number of benzene rings is 1. The highest BCUT2D eigenvalue weighted by Gasteiger charge is 2.24. The Bertz CT molecular complexity index is 415. The lowest BCUT2D eigenvalue weighted by molar-refractivity contribution is 0.178. The normalized spacial score (nSPS) is 17.2. The Morgan fingerprint density at radius 3 is 2.26 bits per heavy atom. The third-order valence-corrected chi connectivity index (χ3v) is 3.23. The zero-order chi connectivity index (χ0) is 12.4. The van der Waals surface area contributed by atoms with Gasteiger partial charge in [0.25, 0.3) is 0 Å². The van der Waals surface area contributed by atoms with Crippen LogP contribution in [0.4, 0.5) is 8.78 Å². The molecule has 0 spiro atoms. The molecule has 0 aromatic heterocycles. The minimum atomic E-state index is -0.775. The van der Waals surface area contributed by atoms with Gasteiger partial charge in [0.05, 0.1) is 0 Å². The van der Waals surface area contributed by atoms with Crippen LogP contribution in [0, 0.1) is 11.6 Å². The fraction of sp³-hybridized carbons (Fsp3) is 0.500. The van der Waals surface area contributed by atoms with E-state index in [1.807, 2.05) is 4.90 Å². The summed E-state index contributed by atoms with van der Waals surface area (Å²) in [7, 11) is 0. The Hall–Kier alpha value is -0.620. The Morgan fingerprint density at radius 2 is 1.68 bits per heavy atom. The Labute approximate surface area is 123 Å². The fourth-order valence-electron chi connectivity index (χ4n) is 2.21. The second kappa shape index (κ2) is 7.85. The minimum Gasteiger partial charge on any atom is -0.505 e. The van der Waals surface area contributed by atoms with Gasteiger partial charge in [-0.3, -0.25) is 4.90 Å². The predicted octanol–water partition coefficient (Wildman–Crippen LogP) is 2.48. The maximum absolute atomic E-state index is 13.7. The van der Waals surface area contributed by atoms with Crippen molar-refractivity contribution in [3.05, 3.63) is 29.3 Å². The molecule has 0 unspecified atom stereocenters. The highest BCUT2D eigenvalue weighted by atomic mass is 35.5. The first kappa shape index (κ1) is 18.4. The van der Waals surface area contributed by atoms with Crippen LogP contribution in [-0.4, -0.2) is 36.2 Å². The number of nitrogens with zero attached hydrogens (tertiary/aromatic N) is 1. The molecule has 1 aromatic rings. The van der Waals surface area contributed by atoms with Crippen LogP contribution < -0.4 is 5.32 Å². The molecule has 0 radical (unpaired) electrons. The Kier molecular flexibility index (Phi) is 7.59. The predicted molar refractivity (Wildman–Crippen MR) is 75.4 cm³/mol. The molecule has 1 aliphatic rings. The molecule has 0 amide bonds. The number of hydrogen-bond donors (Lipinski definition) is 2. The molecule has 2 N–H and O–H groups in total. The van der Waals surface area contributed by atoms with Gasteiger partial charge < -0.3 is 10.4 Å². The number of phenolic OH excluding ortho intramolecular Hbond substituents is 1. The van der Waals surface area contributed by atoms with E-state index in [9.17, 15) is 13.9 Å². The summed E-state index contributed by atoms with van der Waals surface area (Å²) in [5.74, 6) is -1.91. The van der Waals surface area contributed by atoms with Gasteiger partial charge in [0.15, 0.2) is 11.6 Å². The third-order valence-electron chi connectivity index (χ3n) is 3.23. The van der Waals surface area contributed by atoms with Gasteiger partial charge in [-0.25, -0.2) is 8.78 Å². The van der Waals surface area contributed by atoms with Gasteiger partial charge in [0, 0.05) is 37.8 Å². The molecule has 1 saturated heterocycles. The largest absolute Gasteiger partial charge is 0.505 e. The van der Waals surface area contributed by atoms with Crippen molar-refractivity contribution in [1.82, 2.24) is 10.2 Å². The molecule has 1 fully saturated rings. The Morgan fingerprint density at radius 1 is 1.16 bits per heavy atom. The van der Waals surface area contributed by atoms with Crippen LogP contribution in [0.2, 0.25) is 0 Å². The zero-order valence-corrected chi connectivity index (χ0v) is 12.2. The summed E-state index contributed by atoms with van der Waals surface area (Å²) >= 11 is 0. The van der Waals surface area contributed by atoms with Crippen LogP contribution in [0.1, 0.15) is 18.5 Å². The van der Waals surface area contributed by atoms with Crippen molar-refractivity contribution in [3.63, 3.8) is 0 Å². The molecule has 3 nitrogen and oxygen atoms in total. The number of aromatic hydroxyl groups is 1. The first-order valence-corrected chi connectivity index (χ1v) is 5.73. The standard InChI is InChI=1S/C12H16F2N2O.2ClH/c1-8(16-6-4-15-5-7-16)11-9(13)2-3-10(14)12(11)17;;/h2-3,8,15,17H,4-7H2,1H3;2*1H/t8-;;/m1../s1. The summed E-state index contributed by atoms with van der Waals surface area (Å²) in [5, 5.41) is 12.8. The van der Waals surface area contributed by atoms with Crippen molar-refractivity contribution in [1.29, 1.82) is 0 Å². The lowest BCUT2D eigenvalue weighted by atomic mass is 10.0. The van der Waals surface area contributed by atoms with Crippen molar-refractivity contribution in [2.24, 2.45) is 0 Å². The van der Waals surface area contributed by atoms with Gasteiger partial charge in [0.2, 0.25) is 0 Å². The van der Waals surface area contributed by atoms with Crippen molar-refractivity contribution in [2.45, 2.75) is 13.0 Å². The summed E-state index contributed by atoms with van der Waals surface area (Å²) < 4.78 is 26.9. The maximum atomic E-state index is 13.7. The van der Waals surface area contributed by atoms with Gasteiger partial charge in [-0.1, -0.05) is 0 Å². The second-order valence-electron chi connectivity index (χ2n) is 4.25. The van der Waals surface area contributed by atoms with Gasteiger partial charge in [-0.15, -0.1) is 24.8 Å². The van der Waals surface area contributed by atoms with Crippen molar-refractivity contribution in [3.8, 4) is 5.75 Å². The van der Waals surface area contributed by atoms with Crippen LogP contribution in [0.15, 0.2) is 12.1 Å². The first-order chi connectivity index (χ1) is 8.11. The van der Waals surface area contributed by atoms with E-state index < -0.39 is 17.4 Å². The monoisotopic (exact) mass is 314 g/mol. The molecular formula is C12H18Cl2F2N2O. The fourth-order valence-corrected chi connectivity index (χ4v) is 2.21. The number of halogens is 4. The van der Waals surface area contributed by atoms with Gasteiger partial charge in [-0.05, 0) is 19.1 Å². The summed E-state index contributed by atoms with van der Waals surface area (Å²) in [6, 6.07) is 1.68. The number of phenols is 1. The van der Waals surface area contributed by atoms with Crippen LogP contribution >= 0.6 is 24.8 Å². The zero-order valence-electron chi connectivity index (χ0n) is 10.5. The molecular weight excluding hydrogens is 297 g/mol. The molecule has 7 heteroatoms. The average Bonchev–Trinajstić information content (AvgIpc) is 2.35. The van der Waals surface area contributed by atoms with E-state index in [-0.39, 0.29) is 36.4 Å². The van der Waals surface area contributed by atoms with Crippen LogP contribution in [0.25, 0.3) is 0 Å². The molecule has 0 saturated carbocycles. The van der Waals surface area contributed by atoms with Crippen LogP contribution in [0.3, 0.4) is 0 Å². The summed E-state index contributed by atoms with van der Waals surface area (Å²) in [4.78, 5) is 2.02. The number of hydrogen-bond acceptors (Lipinski definition) is 3. The first-order valence-electron chi connectivity index (χ1n) is 5.73. The molecule has 0 bridgehead atoms. The topological polar surface area (TPSA) is 35.5 Å². The van der Waals surface area contributed by atoms with Crippen molar-refractivity contribution >= 4 is 24.8 Å². The van der Waals surface area contributed by atoms with E-state index in [0.717, 1.165) is 38.3 Å². The SMILES string of the molecule is C[C@H](c1c(F)ccc(F)c1O)N1CCNCC1.Cl.Cl. The van der Waals surface area contributed by atoms with E-state index in [4.69, 9.17) is 0 Å². The summed E-state index contributed by atoms with van der Waals surface area (Å²) in [5.41, 5.74) is 0.0481. The van der Waals surface area contributed by atoms with E-state index >= 15 is 0 Å². The van der Waals surface area contributed by atoms with Crippen molar-refractivity contribution < 1.29 is 13.9 Å². The van der Waals surface area contributed by atoms with Crippen LogP contribution in [0.5, 0.6) is 5.75 Å². The quantitative estimate of drug-likeness (QED) is 0.880. The second-order valence-corrected chi connectivity index (χ2v) is 4.25. The third kappa shape index (κ3) is 3.92. The summed E-state index contributed by atoms with van der Waals surface area (Å²) in [6.07, 6.45) is 0. The van der Waals surface area contributed by atoms with Gasteiger partial charge in [0.1, 0.15) is 5.82 Å². The Balaban J connectivity index is 0.00000162.